The number of para-hydroxylation sites is 2. The summed E-state index contributed by atoms with van der Waals surface area (Å²) in [6.07, 6.45) is 6.29. The zero-order chi connectivity index (χ0) is 17.9. The first-order valence-corrected chi connectivity index (χ1v) is 8.55. The summed E-state index contributed by atoms with van der Waals surface area (Å²) < 4.78 is 0. The fraction of sp³-hybridized carbons (Fsp3) is 0.143. The van der Waals surface area contributed by atoms with E-state index in [2.05, 4.69) is 9.97 Å². The molecule has 5 heteroatoms. The Morgan fingerprint density at radius 3 is 2.54 bits per heavy atom. The second-order valence-corrected chi connectivity index (χ2v) is 6.18. The maximum atomic E-state index is 12.4. The number of hydrogen-bond donors (Lipinski definition) is 0. The number of rotatable bonds is 4. The van der Waals surface area contributed by atoms with Gasteiger partial charge in [-0.2, -0.15) is 0 Å². The molecule has 0 bridgehead atoms. The van der Waals surface area contributed by atoms with Gasteiger partial charge in [-0.05, 0) is 55.0 Å². The van der Waals surface area contributed by atoms with Gasteiger partial charge in [-0.15, -0.1) is 0 Å². The van der Waals surface area contributed by atoms with Crippen molar-refractivity contribution in [2.45, 2.75) is 12.8 Å². The molecule has 1 aliphatic heterocycles. The number of benzene rings is 2. The first-order valence-electron chi connectivity index (χ1n) is 8.55. The molecule has 1 aliphatic rings. The van der Waals surface area contributed by atoms with Crippen molar-refractivity contribution in [1.29, 1.82) is 0 Å². The summed E-state index contributed by atoms with van der Waals surface area (Å²) in [6.45, 7) is 0.743. The summed E-state index contributed by atoms with van der Waals surface area (Å²) in [5.74, 6) is 0.0260. The van der Waals surface area contributed by atoms with Crippen molar-refractivity contribution in [3.63, 3.8) is 0 Å². The van der Waals surface area contributed by atoms with Crippen molar-refractivity contribution in [3.05, 3.63) is 72.1 Å². The van der Waals surface area contributed by atoms with Crippen molar-refractivity contribution in [1.82, 2.24) is 9.97 Å². The van der Waals surface area contributed by atoms with Crippen molar-refractivity contribution < 1.29 is 9.59 Å². The van der Waals surface area contributed by atoms with E-state index in [0.717, 1.165) is 29.7 Å². The van der Waals surface area contributed by atoms with Crippen LogP contribution in [0.15, 0.2) is 60.8 Å². The first kappa shape index (κ1) is 16.1. The molecule has 26 heavy (non-hydrogen) atoms. The van der Waals surface area contributed by atoms with Gasteiger partial charge in [-0.1, -0.05) is 12.1 Å². The van der Waals surface area contributed by atoms with Crippen molar-refractivity contribution in [2.24, 2.45) is 0 Å². The largest absolute Gasteiger partial charge is 0.312 e. The molecule has 0 atom stereocenters. The first-order chi connectivity index (χ1) is 12.7. The molecule has 2 heterocycles. The van der Waals surface area contributed by atoms with Gasteiger partial charge in [0.05, 0.1) is 22.9 Å². The van der Waals surface area contributed by atoms with E-state index in [9.17, 15) is 9.59 Å². The second kappa shape index (κ2) is 6.88. The SMILES string of the molecule is O=C(/C=C/c1cnc2ccccc2n1)c1ccc(N2CCCC2=O)cc1. The Balaban J connectivity index is 1.49. The van der Waals surface area contributed by atoms with E-state index in [-0.39, 0.29) is 11.7 Å². The van der Waals surface area contributed by atoms with Crippen molar-refractivity contribution >= 4 is 34.5 Å². The van der Waals surface area contributed by atoms with Gasteiger partial charge in [0.1, 0.15) is 0 Å². The highest BCUT2D eigenvalue weighted by atomic mass is 16.2. The highest BCUT2D eigenvalue weighted by molar-refractivity contribution is 6.07. The highest BCUT2D eigenvalue weighted by Gasteiger charge is 2.21. The van der Waals surface area contributed by atoms with Crippen LogP contribution in [0.2, 0.25) is 0 Å². The van der Waals surface area contributed by atoms with Crippen LogP contribution < -0.4 is 4.90 Å². The number of aromatic nitrogens is 2. The lowest BCUT2D eigenvalue weighted by Crippen LogP contribution is -2.23. The van der Waals surface area contributed by atoms with Crippen molar-refractivity contribution in [3.8, 4) is 0 Å². The van der Waals surface area contributed by atoms with E-state index >= 15 is 0 Å². The molecule has 0 spiro atoms. The summed E-state index contributed by atoms with van der Waals surface area (Å²) in [5.41, 5.74) is 3.67. The van der Waals surface area contributed by atoms with Gasteiger partial charge < -0.3 is 4.90 Å². The smallest absolute Gasteiger partial charge is 0.227 e. The predicted octanol–water partition coefficient (Wildman–Crippen LogP) is 3.65. The number of hydrogen-bond acceptors (Lipinski definition) is 4. The maximum absolute atomic E-state index is 12.4. The van der Waals surface area contributed by atoms with Crippen LogP contribution in [0.1, 0.15) is 28.9 Å². The minimum Gasteiger partial charge on any atom is -0.312 e. The summed E-state index contributed by atoms with van der Waals surface area (Å²) in [4.78, 5) is 34.7. The Labute approximate surface area is 151 Å². The van der Waals surface area contributed by atoms with Gasteiger partial charge in [0, 0.05) is 24.2 Å². The van der Waals surface area contributed by atoms with Crippen LogP contribution in [-0.2, 0) is 4.79 Å². The Bertz CT molecular complexity index is 1010. The molecule has 1 amide bonds. The third-order valence-corrected chi connectivity index (χ3v) is 4.41. The van der Waals surface area contributed by atoms with E-state index in [1.807, 2.05) is 36.4 Å². The number of amides is 1. The van der Waals surface area contributed by atoms with Crippen LogP contribution in [-0.4, -0.2) is 28.2 Å². The van der Waals surface area contributed by atoms with Crippen LogP contribution in [0.25, 0.3) is 17.1 Å². The molecule has 128 valence electrons. The summed E-state index contributed by atoms with van der Waals surface area (Å²) >= 11 is 0. The number of fused-ring (bicyclic) bond motifs is 1. The number of ketones is 1. The molecule has 3 aromatic rings. The molecule has 0 N–H and O–H groups in total. The number of allylic oxidation sites excluding steroid dienone is 1. The lowest BCUT2D eigenvalue weighted by molar-refractivity contribution is -0.117. The van der Waals surface area contributed by atoms with E-state index < -0.39 is 0 Å². The standard InChI is InChI=1S/C21H17N3O2/c25-20(12-9-16-14-22-18-4-1-2-5-19(18)23-16)15-7-10-17(11-8-15)24-13-3-6-21(24)26/h1-2,4-5,7-12,14H,3,6,13H2/b12-9+. The van der Waals surface area contributed by atoms with Gasteiger partial charge in [0.2, 0.25) is 5.91 Å². The maximum Gasteiger partial charge on any atom is 0.227 e. The van der Waals surface area contributed by atoms with Crippen LogP contribution >= 0.6 is 0 Å². The minimum atomic E-state index is -0.112. The summed E-state index contributed by atoms with van der Waals surface area (Å²) in [6, 6.07) is 14.7. The van der Waals surface area contributed by atoms with E-state index in [1.54, 1.807) is 29.3 Å². The quantitative estimate of drug-likeness (QED) is 0.536. The molecule has 0 radical (unpaired) electrons. The molecule has 5 nitrogen and oxygen atoms in total. The fourth-order valence-electron chi connectivity index (χ4n) is 3.04. The average molecular weight is 343 g/mol. The lowest BCUT2D eigenvalue weighted by Gasteiger charge is -2.15. The number of nitrogens with zero attached hydrogens (tertiary/aromatic N) is 3. The van der Waals surface area contributed by atoms with Crippen LogP contribution in [0.3, 0.4) is 0 Å². The van der Waals surface area contributed by atoms with Gasteiger partial charge >= 0.3 is 0 Å². The van der Waals surface area contributed by atoms with Crippen LogP contribution in [0, 0.1) is 0 Å². The van der Waals surface area contributed by atoms with Gasteiger partial charge in [-0.25, -0.2) is 4.98 Å². The minimum absolute atomic E-state index is 0.112. The normalized spacial score (nSPS) is 14.5. The monoisotopic (exact) mass is 343 g/mol. The van der Waals surface area contributed by atoms with E-state index in [4.69, 9.17) is 0 Å². The molecule has 1 saturated heterocycles. The van der Waals surface area contributed by atoms with Crippen LogP contribution in [0.5, 0.6) is 0 Å². The molecule has 1 aromatic heterocycles. The molecule has 0 unspecified atom stereocenters. The van der Waals surface area contributed by atoms with Gasteiger partial charge in [0.25, 0.3) is 0 Å². The van der Waals surface area contributed by atoms with E-state index in [0.29, 0.717) is 17.7 Å². The molecule has 0 aliphatic carbocycles. The number of carbonyl (C=O) groups excluding carboxylic acids is 2. The molecule has 2 aromatic carbocycles. The lowest BCUT2D eigenvalue weighted by atomic mass is 10.1. The molecule has 0 saturated carbocycles. The summed E-state index contributed by atoms with van der Waals surface area (Å²) in [5, 5.41) is 0. The second-order valence-electron chi connectivity index (χ2n) is 6.18. The third kappa shape index (κ3) is 3.24. The fourth-order valence-corrected chi connectivity index (χ4v) is 3.04. The zero-order valence-electron chi connectivity index (χ0n) is 14.1. The molecule has 1 fully saturated rings. The summed E-state index contributed by atoms with van der Waals surface area (Å²) in [7, 11) is 0. The molecular formula is C21H17N3O2. The van der Waals surface area contributed by atoms with Gasteiger partial charge in [-0.3, -0.25) is 14.6 Å². The zero-order valence-corrected chi connectivity index (χ0v) is 14.1. The Morgan fingerprint density at radius 1 is 1.04 bits per heavy atom. The Hall–Kier alpha value is -3.34. The Morgan fingerprint density at radius 2 is 1.81 bits per heavy atom. The Kier molecular flexibility index (Phi) is 4.27. The molecule has 4 rings (SSSR count). The predicted molar refractivity (Wildman–Crippen MR) is 101 cm³/mol. The van der Waals surface area contributed by atoms with Crippen LogP contribution in [0.4, 0.5) is 5.69 Å². The third-order valence-electron chi connectivity index (χ3n) is 4.41. The highest BCUT2D eigenvalue weighted by Crippen LogP contribution is 2.22. The van der Waals surface area contributed by atoms with Crippen molar-refractivity contribution in [2.75, 3.05) is 11.4 Å². The average Bonchev–Trinajstić information content (AvgIpc) is 3.12. The number of anilines is 1. The van der Waals surface area contributed by atoms with Gasteiger partial charge in [0.15, 0.2) is 5.78 Å². The molecular weight excluding hydrogens is 326 g/mol. The number of carbonyl (C=O) groups is 2. The topological polar surface area (TPSA) is 63.2 Å². The van der Waals surface area contributed by atoms with E-state index in [1.165, 1.54) is 6.08 Å².